The van der Waals surface area contributed by atoms with Gasteiger partial charge in [0.25, 0.3) is 0 Å². The third kappa shape index (κ3) is 2.68. The lowest BCUT2D eigenvalue weighted by molar-refractivity contribution is 0.172. The van der Waals surface area contributed by atoms with Gasteiger partial charge in [0, 0.05) is 25.2 Å². The molecule has 0 saturated carbocycles. The average Bonchev–Trinajstić information content (AvgIpc) is 2.74. The first kappa shape index (κ1) is 12.6. The van der Waals surface area contributed by atoms with Crippen molar-refractivity contribution in [3.8, 4) is 5.75 Å². The second-order valence-corrected chi connectivity index (χ2v) is 4.35. The molecule has 2 rings (SSSR count). The molecule has 0 aliphatic carbocycles. The molecule has 18 heavy (non-hydrogen) atoms. The zero-order valence-corrected chi connectivity index (χ0v) is 10.8. The minimum Gasteiger partial charge on any atom is -0.496 e. The van der Waals surface area contributed by atoms with Gasteiger partial charge in [-0.15, -0.1) is 5.10 Å². The van der Waals surface area contributed by atoms with Gasteiger partial charge in [0.2, 0.25) is 0 Å². The Morgan fingerprint density at radius 1 is 1.44 bits per heavy atom. The molecule has 1 heterocycles. The predicted octanol–water partition coefficient (Wildman–Crippen LogP) is 1.41. The smallest absolute Gasteiger partial charge is 0.124 e. The number of aliphatic hydroxyl groups is 1. The van der Waals surface area contributed by atoms with Crippen LogP contribution in [0.15, 0.2) is 24.4 Å². The molecule has 96 valence electrons. The van der Waals surface area contributed by atoms with E-state index in [0.29, 0.717) is 12.2 Å². The molecule has 5 heteroatoms. The van der Waals surface area contributed by atoms with E-state index in [1.54, 1.807) is 25.0 Å². The summed E-state index contributed by atoms with van der Waals surface area (Å²) < 4.78 is 6.91. The molecule has 0 saturated heterocycles. The van der Waals surface area contributed by atoms with Gasteiger partial charge in [-0.2, -0.15) is 0 Å². The molecule has 2 aromatic rings. The van der Waals surface area contributed by atoms with Crippen LogP contribution in [0.3, 0.4) is 0 Å². The van der Waals surface area contributed by atoms with E-state index in [0.717, 1.165) is 16.8 Å². The monoisotopic (exact) mass is 247 g/mol. The molecule has 0 bridgehead atoms. The maximum atomic E-state index is 10.2. The Balaban J connectivity index is 2.20. The van der Waals surface area contributed by atoms with Crippen molar-refractivity contribution in [3.05, 3.63) is 41.2 Å². The van der Waals surface area contributed by atoms with Gasteiger partial charge in [0.1, 0.15) is 5.75 Å². The minimum absolute atomic E-state index is 0.424. The Labute approximate surface area is 106 Å². The van der Waals surface area contributed by atoms with Gasteiger partial charge in [-0.05, 0) is 18.6 Å². The number of rotatable bonds is 4. The fourth-order valence-electron chi connectivity index (χ4n) is 1.89. The SMILES string of the molecule is COc1cc(C)ccc1C(O)Cc1cn(C)nn1. The number of benzene rings is 1. The van der Waals surface area contributed by atoms with E-state index in [1.807, 2.05) is 25.1 Å². The number of aliphatic hydroxyl groups excluding tert-OH is 1. The van der Waals surface area contributed by atoms with Gasteiger partial charge in [-0.3, -0.25) is 4.68 Å². The Morgan fingerprint density at radius 2 is 2.22 bits per heavy atom. The molecule has 0 radical (unpaired) electrons. The van der Waals surface area contributed by atoms with Crippen LogP contribution in [0.5, 0.6) is 5.75 Å². The molecular weight excluding hydrogens is 230 g/mol. The summed E-state index contributed by atoms with van der Waals surface area (Å²) >= 11 is 0. The minimum atomic E-state index is -0.641. The molecule has 1 atom stereocenters. The van der Waals surface area contributed by atoms with Crippen molar-refractivity contribution in [1.82, 2.24) is 15.0 Å². The summed E-state index contributed by atoms with van der Waals surface area (Å²) in [6.45, 7) is 1.99. The van der Waals surface area contributed by atoms with Crippen LogP contribution >= 0.6 is 0 Å². The highest BCUT2D eigenvalue weighted by molar-refractivity contribution is 5.38. The molecule has 1 aromatic carbocycles. The highest BCUT2D eigenvalue weighted by Crippen LogP contribution is 2.28. The quantitative estimate of drug-likeness (QED) is 0.887. The van der Waals surface area contributed by atoms with Gasteiger partial charge in [-0.1, -0.05) is 17.3 Å². The van der Waals surface area contributed by atoms with Crippen molar-refractivity contribution in [2.24, 2.45) is 7.05 Å². The molecule has 0 aliphatic heterocycles. The standard InChI is InChI=1S/C13H17N3O2/c1-9-4-5-11(13(6-9)18-3)12(17)7-10-8-16(2)15-14-10/h4-6,8,12,17H,7H2,1-3H3. The first-order chi connectivity index (χ1) is 8.60. The van der Waals surface area contributed by atoms with Crippen LogP contribution in [-0.4, -0.2) is 27.2 Å². The zero-order chi connectivity index (χ0) is 13.1. The highest BCUT2D eigenvalue weighted by Gasteiger charge is 2.15. The van der Waals surface area contributed by atoms with Crippen LogP contribution < -0.4 is 4.74 Å². The molecule has 0 aliphatic rings. The van der Waals surface area contributed by atoms with E-state index < -0.39 is 6.10 Å². The van der Waals surface area contributed by atoms with E-state index in [-0.39, 0.29) is 0 Å². The summed E-state index contributed by atoms with van der Waals surface area (Å²) in [5.74, 6) is 0.700. The molecule has 1 aromatic heterocycles. The molecular formula is C13H17N3O2. The van der Waals surface area contributed by atoms with E-state index in [2.05, 4.69) is 10.3 Å². The van der Waals surface area contributed by atoms with E-state index in [1.165, 1.54) is 0 Å². The van der Waals surface area contributed by atoms with E-state index in [4.69, 9.17) is 4.74 Å². The maximum Gasteiger partial charge on any atom is 0.124 e. The summed E-state index contributed by atoms with van der Waals surface area (Å²) in [5.41, 5.74) is 2.63. The topological polar surface area (TPSA) is 60.2 Å². The summed E-state index contributed by atoms with van der Waals surface area (Å²) in [6.07, 6.45) is 1.58. The number of nitrogens with zero attached hydrogens (tertiary/aromatic N) is 3. The normalized spacial score (nSPS) is 12.4. The summed E-state index contributed by atoms with van der Waals surface area (Å²) in [6, 6.07) is 5.75. The van der Waals surface area contributed by atoms with Crippen molar-refractivity contribution in [3.63, 3.8) is 0 Å². The molecule has 5 nitrogen and oxygen atoms in total. The summed E-state index contributed by atoms with van der Waals surface area (Å²) in [5, 5.41) is 18.0. The summed E-state index contributed by atoms with van der Waals surface area (Å²) in [7, 11) is 3.41. The Hall–Kier alpha value is -1.88. The van der Waals surface area contributed by atoms with Gasteiger partial charge < -0.3 is 9.84 Å². The van der Waals surface area contributed by atoms with Gasteiger partial charge in [-0.25, -0.2) is 0 Å². The zero-order valence-electron chi connectivity index (χ0n) is 10.8. The van der Waals surface area contributed by atoms with Crippen LogP contribution in [0, 0.1) is 6.92 Å². The van der Waals surface area contributed by atoms with Crippen LogP contribution in [0.25, 0.3) is 0 Å². The lowest BCUT2D eigenvalue weighted by Gasteiger charge is -2.14. The largest absolute Gasteiger partial charge is 0.496 e. The lowest BCUT2D eigenvalue weighted by atomic mass is 10.0. The van der Waals surface area contributed by atoms with Crippen molar-refractivity contribution in [1.29, 1.82) is 0 Å². The third-order valence-corrected chi connectivity index (χ3v) is 2.80. The molecule has 1 N–H and O–H groups in total. The number of hydrogen-bond donors (Lipinski definition) is 1. The summed E-state index contributed by atoms with van der Waals surface area (Å²) in [4.78, 5) is 0. The Kier molecular flexibility index (Phi) is 3.62. The second-order valence-electron chi connectivity index (χ2n) is 4.35. The van der Waals surface area contributed by atoms with Gasteiger partial charge in [0.05, 0.1) is 18.9 Å². The Morgan fingerprint density at radius 3 is 2.83 bits per heavy atom. The maximum absolute atomic E-state index is 10.2. The van der Waals surface area contributed by atoms with Crippen LogP contribution in [0.4, 0.5) is 0 Å². The number of ether oxygens (including phenoxy) is 1. The number of hydrogen-bond acceptors (Lipinski definition) is 4. The van der Waals surface area contributed by atoms with Crippen LogP contribution in [0.1, 0.15) is 22.9 Å². The van der Waals surface area contributed by atoms with Crippen molar-refractivity contribution >= 4 is 0 Å². The van der Waals surface area contributed by atoms with Gasteiger partial charge in [0.15, 0.2) is 0 Å². The van der Waals surface area contributed by atoms with Crippen LogP contribution in [-0.2, 0) is 13.5 Å². The molecule has 0 fully saturated rings. The average molecular weight is 247 g/mol. The third-order valence-electron chi connectivity index (χ3n) is 2.80. The first-order valence-corrected chi connectivity index (χ1v) is 5.78. The van der Waals surface area contributed by atoms with Crippen LogP contribution in [0.2, 0.25) is 0 Å². The lowest BCUT2D eigenvalue weighted by Crippen LogP contribution is -2.04. The van der Waals surface area contributed by atoms with E-state index >= 15 is 0 Å². The first-order valence-electron chi connectivity index (χ1n) is 5.78. The second kappa shape index (κ2) is 5.18. The highest BCUT2D eigenvalue weighted by atomic mass is 16.5. The van der Waals surface area contributed by atoms with Gasteiger partial charge >= 0.3 is 0 Å². The van der Waals surface area contributed by atoms with Crippen molar-refractivity contribution in [2.45, 2.75) is 19.4 Å². The van der Waals surface area contributed by atoms with E-state index in [9.17, 15) is 5.11 Å². The molecule has 1 unspecified atom stereocenters. The fraction of sp³-hybridized carbons (Fsp3) is 0.385. The molecule has 0 spiro atoms. The van der Waals surface area contributed by atoms with Crippen molar-refractivity contribution in [2.75, 3.05) is 7.11 Å². The molecule has 0 amide bonds. The number of aryl methyl sites for hydroxylation is 2. The number of methoxy groups -OCH3 is 1. The van der Waals surface area contributed by atoms with Crippen molar-refractivity contribution < 1.29 is 9.84 Å². The fourth-order valence-corrected chi connectivity index (χ4v) is 1.89. The predicted molar refractivity (Wildman–Crippen MR) is 67.4 cm³/mol. The number of aromatic nitrogens is 3. The Bertz CT molecular complexity index is 537.